The second-order valence-electron chi connectivity index (χ2n) is 6.28. The summed E-state index contributed by atoms with van der Waals surface area (Å²) in [5, 5.41) is 6.34. The summed E-state index contributed by atoms with van der Waals surface area (Å²) >= 11 is 3.48. The van der Waals surface area contributed by atoms with Gasteiger partial charge in [0.25, 0.3) is 0 Å². The molecule has 23 heavy (non-hydrogen) atoms. The highest BCUT2D eigenvalue weighted by molar-refractivity contribution is 9.10. The van der Waals surface area contributed by atoms with Crippen LogP contribution in [0.15, 0.2) is 28.2 Å². The Balaban J connectivity index is 1.44. The molecule has 0 aromatic heterocycles. The maximum atomic E-state index is 12.0. The number of carbonyl (C=O) groups excluding carboxylic acids is 1. The van der Waals surface area contributed by atoms with Gasteiger partial charge < -0.3 is 15.4 Å². The fraction of sp³-hybridized carbons (Fsp3) is 0.500. The molecule has 1 aliphatic carbocycles. The second-order valence-corrected chi connectivity index (χ2v) is 7.20. The maximum absolute atomic E-state index is 12.0. The van der Waals surface area contributed by atoms with E-state index in [-0.39, 0.29) is 5.91 Å². The van der Waals surface area contributed by atoms with Crippen molar-refractivity contribution in [3.05, 3.63) is 33.8 Å². The van der Waals surface area contributed by atoms with Crippen LogP contribution in [0.3, 0.4) is 0 Å². The highest BCUT2D eigenvalue weighted by Crippen LogP contribution is 2.28. The van der Waals surface area contributed by atoms with Gasteiger partial charge in [-0.1, -0.05) is 35.2 Å². The number of benzene rings is 1. The molecule has 1 amide bonds. The number of amides is 1. The van der Waals surface area contributed by atoms with Gasteiger partial charge in [0.15, 0.2) is 0 Å². The lowest BCUT2D eigenvalue weighted by molar-refractivity contribution is -0.121. The zero-order chi connectivity index (χ0) is 16.1. The van der Waals surface area contributed by atoms with Gasteiger partial charge in [0.05, 0.1) is 6.54 Å². The molecule has 1 aromatic rings. The zero-order valence-electron chi connectivity index (χ0n) is 13.2. The molecule has 0 bridgehead atoms. The van der Waals surface area contributed by atoms with E-state index in [1.165, 1.54) is 19.3 Å². The Kier molecular flexibility index (Phi) is 5.73. The van der Waals surface area contributed by atoms with Gasteiger partial charge in [0.1, 0.15) is 12.4 Å². The van der Waals surface area contributed by atoms with Gasteiger partial charge in [0.2, 0.25) is 5.91 Å². The molecule has 0 spiro atoms. The number of halogens is 1. The molecule has 1 heterocycles. The quantitative estimate of drug-likeness (QED) is 0.826. The highest BCUT2D eigenvalue weighted by atomic mass is 79.9. The first-order chi connectivity index (χ1) is 11.2. The van der Waals surface area contributed by atoms with E-state index < -0.39 is 0 Å². The number of carbonyl (C=O) groups is 1. The van der Waals surface area contributed by atoms with Crippen LogP contribution in [0.1, 0.15) is 37.7 Å². The van der Waals surface area contributed by atoms with Crippen molar-refractivity contribution in [2.24, 2.45) is 0 Å². The van der Waals surface area contributed by atoms with Crippen LogP contribution in [0.25, 0.3) is 6.08 Å². The molecule has 5 heteroatoms. The molecule has 4 nitrogen and oxygen atoms in total. The fourth-order valence-electron chi connectivity index (χ4n) is 3.16. The number of nitrogens with one attached hydrogen (secondary N) is 2. The number of hydrogen-bond acceptors (Lipinski definition) is 3. The topological polar surface area (TPSA) is 50.4 Å². The van der Waals surface area contributed by atoms with Crippen LogP contribution in [0.5, 0.6) is 5.75 Å². The van der Waals surface area contributed by atoms with E-state index in [9.17, 15) is 4.79 Å². The lowest BCUT2D eigenvalue weighted by atomic mass is 9.95. The van der Waals surface area contributed by atoms with Crippen molar-refractivity contribution < 1.29 is 9.53 Å². The maximum Gasteiger partial charge on any atom is 0.234 e. The average Bonchev–Trinajstić information content (AvgIpc) is 2.55. The molecular formula is C18H23BrN2O2. The van der Waals surface area contributed by atoms with E-state index in [2.05, 4.69) is 32.6 Å². The Morgan fingerprint density at radius 3 is 2.91 bits per heavy atom. The largest absolute Gasteiger partial charge is 0.489 e. The molecule has 3 rings (SSSR count). The number of hydrogen-bond donors (Lipinski definition) is 2. The Bertz CT molecular complexity index is 595. The summed E-state index contributed by atoms with van der Waals surface area (Å²) in [7, 11) is 0. The van der Waals surface area contributed by atoms with Crippen LogP contribution < -0.4 is 15.4 Å². The summed E-state index contributed by atoms with van der Waals surface area (Å²) in [5.41, 5.74) is 2.23. The van der Waals surface area contributed by atoms with E-state index in [1.54, 1.807) is 0 Å². The molecular weight excluding hydrogens is 356 g/mol. The van der Waals surface area contributed by atoms with Crippen molar-refractivity contribution in [3.8, 4) is 5.75 Å². The second kappa shape index (κ2) is 7.97. The van der Waals surface area contributed by atoms with Gasteiger partial charge in [-0.2, -0.15) is 0 Å². The van der Waals surface area contributed by atoms with Gasteiger partial charge in [-0.25, -0.2) is 0 Å². The van der Waals surface area contributed by atoms with Crippen LogP contribution >= 0.6 is 15.9 Å². The molecule has 1 saturated carbocycles. The summed E-state index contributed by atoms with van der Waals surface area (Å²) in [6.07, 6.45) is 8.15. The first-order valence-corrected chi connectivity index (χ1v) is 9.12. The van der Waals surface area contributed by atoms with Crippen LogP contribution in [-0.4, -0.2) is 31.6 Å². The van der Waals surface area contributed by atoms with E-state index in [1.807, 2.05) is 18.2 Å². The van der Waals surface area contributed by atoms with Crippen LogP contribution in [-0.2, 0) is 4.79 Å². The molecule has 124 valence electrons. The van der Waals surface area contributed by atoms with Gasteiger partial charge in [-0.3, -0.25) is 4.79 Å². The molecule has 2 aliphatic rings. The summed E-state index contributed by atoms with van der Waals surface area (Å²) in [6, 6.07) is 6.37. The number of ether oxygens (including phenoxy) is 1. The average molecular weight is 379 g/mol. The minimum atomic E-state index is 0.0948. The predicted octanol–water partition coefficient (Wildman–Crippen LogP) is 3.26. The SMILES string of the molecule is O=C(CNCC1=Cc2cc(Br)ccc2OC1)NC1CCCCC1. The smallest absolute Gasteiger partial charge is 0.234 e. The Hall–Kier alpha value is -1.33. The number of rotatable bonds is 5. The van der Waals surface area contributed by atoms with Crippen molar-refractivity contribution in [1.29, 1.82) is 0 Å². The van der Waals surface area contributed by atoms with Crippen molar-refractivity contribution in [3.63, 3.8) is 0 Å². The van der Waals surface area contributed by atoms with Crippen LogP contribution in [0.4, 0.5) is 0 Å². The molecule has 1 fully saturated rings. The number of fused-ring (bicyclic) bond motifs is 1. The fourth-order valence-corrected chi connectivity index (χ4v) is 3.54. The molecule has 0 saturated heterocycles. The summed E-state index contributed by atoms with van der Waals surface area (Å²) in [6.45, 7) is 1.61. The highest BCUT2D eigenvalue weighted by Gasteiger charge is 2.16. The Morgan fingerprint density at radius 1 is 1.26 bits per heavy atom. The lowest BCUT2D eigenvalue weighted by Gasteiger charge is -2.23. The molecule has 1 aromatic carbocycles. The minimum Gasteiger partial charge on any atom is -0.489 e. The Morgan fingerprint density at radius 2 is 2.09 bits per heavy atom. The third-order valence-corrected chi connectivity index (χ3v) is 4.85. The normalized spacial score (nSPS) is 17.9. The van der Waals surface area contributed by atoms with E-state index in [0.29, 0.717) is 25.7 Å². The molecule has 0 unspecified atom stereocenters. The third kappa shape index (κ3) is 4.82. The minimum absolute atomic E-state index is 0.0948. The summed E-state index contributed by atoms with van der Waals surface area (Å²) in [5.74, 6) is 1.00. The zero-order valence-corrected chi connectivity index (χ0v) is 14.8. The first kappa shape index (κ1) is 16.5. The summed E-state index contributed by atoms with van der Waals surface area (Å²) < 4.78 is 6.78. The lowest BCUT2D eigenvalue weighted by Crippen LogP contribution is -2.41. The Labute approximate surface area is 145 Å². The molecule has 0 atom stereocenters. The van der Waals surface area contributed by atoms with E-state index >= 15 is 0 Å². The van der Waals surface area contributed by atoms with Crippen molar-refractivity contribution in [1.82, 2.24) is 10.6 Å². The van der Waals surface area contributed by atoms with Gasteiger partial charge in [0, 0.05) is 22.6 Å². The van der Waals surface area contributed by atoms with Crippen molar-refractivity contribution in [2.45, 2.75) is 38.1 Å². The molecule has 2 N–H and O–H groups in total. The first-order valence-electron chi connectivity index (χ1n) is 8.32. The van der Waals surface area contributed by atoms with Crippen LogP contribution in [0, 0.1) is 0 Å². The van der Waals surface area contributed by atoms with E-state index in [0.717, 1.165) is 34.2 Å². The van der Waals surface area contributed by atoms with Gasteiger partial charge in [-0.15, -0.1) is 0 Å². The third-order valence-electron chi connectivity index (χ3n) is 4.35. The summed E-state index contributed by atoms with van der Waals surface area (Å²) in [4.78, 5) is 12.0. The van der Waals surface area contributed by atoms with Gasteiger partial charge >= 0.3 is 0 Å². The standard InChI is InChI=1S/C18H23BrN2O2/c19-15-6-7-17-14(9-15)8-13(12-23-17)10-20-11-18(22)21-16-4-2-1-3-5-16/h6-9,16,20H,1-5,10-12H2,(H,21,22). The monoisotopic (exact) mass is 378 g/mol. The van der Waals surface area contributed by atoms with Crippen molar-refractivity contribution in [2.75, 3.05) is 19.7 Å². The molecule has 1 aliphatic heterocycles. The van der Waals surface area contributed by atoms with Crippen LogP contribution in [0.2, 0.25) is 0 Å². The van der Waals surface area contributed by atoms with Crippen molar-refractivity contribution >= 4 is 27.9 Å². The van der Waals surface area contributed by atoms with E-state index in [4.69, 9.17) is 4.74 Å². The van der Waals surface area contributed by atoms with Gasteiger partial charge in [-0.05, 0) is 42.7 Å². The molecule has 0 radical (unpaired) electrons. The predicted molar refractivity (Wildman–Crippen MR) is 95.5 cm³/mol.